The van der Waals surface area contributed by atoms with Crippen molar-refractivity contribution in [2.75, 3.05) is 26.5 Å². The summed E-state index contributed by atoms with van der Waals surface area (Å²) in [5.74, 6) is -0.325. The van der Waals surface area contributed by atoms with E-state index in [2.05, 4.69) is 10.6 Å². The quantitative estimate of drug-likeness (QED) is 0.811. The van der Waals surface area contributed by atoms with Crippen molar-refractivity contribution in [3.05, 3.63) is 59.2 Å². The summed E-state index contributed by atoms with van der Waals surface area (Å²) in [6, 6.07) is 11.2. The second kappa shape index (κ2) is 8.77. The van der Waals surface area contributed by atoms with E-state index in [4.69, 9.17) is 4.74 Å². The van der Waals surface area contributed by atoms with Gasteiger partial charge in [0.05, 0.1) is 12.8 Å². The van der Waals surface area contributed by atoms with Crippen LogP contribution in [0.15, 0.2) is 42.5 Å². The minimum atomic E-state index is -0.375. The van der Waals surface area contributed by atoms with E-state index in [0.29, 0.717) is 28.1 Å². The average molecular weight is 397 g/mol. The first-order chi connectivity index (χ1) is 13.5. The Kier molecular flexibility index (Phi) is 6.64. The first-order valence-corrected chi connectivity index (χ1v) is 9.15. The van der Waals surface area contributed by atoms with Gasteiger partial charge in [0.15, 0.2) is 0 Å². The summed E-state index contributed by atoms with van der Waals surface area (Å²) < 4.78 is 5.28. The van der Waals surface area contributed by atoms with Crippen LogP contribution < -0.4 is 15.4 Å². The zero-order valence-corrected chi connectivity index (χ0v) is 17.6. The van der Waals surface area contributed by atoms with Crippen molar-refractivity contribution < 1.29 is 19.1 Å². The molecule has 154 valence electrons. The van der Waals surface area contributed by atoms with Crippen molar-refractivity contribution in [2.24, 2.45) is 0 Å². The van der Waals surface area contributed by atoms with Gasteiger partial charge in [0, 0.05) is 36.3 Å². The van der Waals surface area contributed by atoms with Crippen LogP contribution in [0.3, 0.4) is 0 Å². The van der Waals surface area contributed by atoms with E-state index in [0.717, 1.165) is 0 Å². The molecule has 3 amide bonds. The number of amides is 3. The maximum atomic E-state index is 12.6. The fourth-order valence-corrected chi connectivity index (χ4v) is 2.58. The Hall–Kier alpha value is -3.35. The van der Waals surface area contributed by atoms with Gasteiger partial charge in [0.2, 0.25) is 0 Å². The Labute approximate surface area is 171 Å². The molecule has 2 N–H and O–H groups in total. The predicted octanol–water partition coefficient (Wildman–Crippen LogP) is 3.18. The lowest BCUT2D eigenvalue weighted by atomic mass is 10.1. The van der Waals surface area contributed by atoms with Crippen LogP contribution in [-0.2, 0) is 0 Å². The molecule has 2 aromatic carbocycles. The zero-order chi connectivity index (χ0) is 21.8. The molecule has 0 aliphatic heterocycles. The SMILES string of the molecule is COc1ccc(C(=O)N(C)C)cc1NC(=O)c1ccc(C(=O)NC(C)(C)C)cc1. The number of nitrogens with zero attached hydrogens (tertiary/aromatic N) is 1. The molecule has 0 heterocycles. The summed E-state index contributed by atoms with van der Waals surface area (Å²) in [6.45, 7) is 5.69. The summed E-state index contributed by atoms with van der Waals surface area (Å²) in [6.07, 6.45) is 0. The highest BCUT2D eigenvalue weighted by Crippen LogP contribution is 2.26. The smallest absolute Gasteiger partial charge is 0.255 e. The van der Waals surface area contributed by atoms with Crippen molar-refractivity contribution in [3.63, 3.8) is 0 Å². The Morgan fingerprint density at radius 1 is 0.862 bits per heavy atom. The summed E-state index contributed by atoms with van der Waals surface area (Å²) in [5, 5.41) is 5.64. The minimum absolute atomic E-state index is 0.183. The molecule has 0 aliphatic rings. The van der Waals surface area contributed by atoms with Gasteiger partial charge in [-0.3, -0.25) is 14.4 Å². The summed E-state index contributed by atoms with van der Waals surface area (Å²) >= 11 is 0. The molecule has 7 nitrogen and oxygen atoms in total. The third-order valence-electron chi connectivity index (χ3n) is 4.00. The third-order valence-corrected chi connectivity index (χ3v) is 4.00. The monoisotopic (exact) mass is 397 g/mol. The van der Waals surface area contributed by atoms with E-state index in [1.54, 1.807) is 56.6 Å². The average Bonchev–Trinajstić information content (AvgIpc) is 2.66. The number of nitrogens with one attached hydrogen (secondary N) is 2. The number of anilines is 1. The van der Waals surface area contributed by atoms with E-state index < -0.39 is 0 Å². The molecular formula is C22H27N3O4. The fraction of sp³-hybridized carbons (Fsp3) is 0.318. The van der Waals surface area contributed by atoms with Crippen molar-refractivity contribution in [1.82, 2.24) is 10.2 Å². The Balaban J connectivity index is 2.20. The van der Waals surface area contributed by atoms with Crippen LogP contribution in [0.1, 0.15) is 51.8 Å². The maximum absolute atomic E-state index is 12.6. The standard InChI is InChI=1S/C22H27N3O4/c1-22(2,3)24-20(27)15-9-7-14(8-10-15)19(26)23-17-13-16(21(28)25(4)5)11-12-18(17)29-6/h7-13H,1-6H3,(H,23,26)(H,24,27). The Morgan fingerprint density at radius 3 is 1.86 bits per heavy atom. The molecule has 0 radical (unpaired) electrons. The molecule has 2 rings (SSSR count). The number of rotatable bonds is 5. The highest BCUT2D eigenvalue weighted by atomic mass is 16.5. The van der Waals surface area contributed by atoms with Gasteiger partial charge in [-0.05, 0) is 63.2 Å². The van der Waals surface area contributed by atoms with E-state index in [1.165, 1.54) is 12.0 Å². The fourth-order valence-electron chi connectivity index (χ4n) is 2.58. The minimum Gasteiger partial charge on any atom is -0.495 e. The molecule has 0 bridgehead atoms. The van der Waals surface area contributed by atoms with Gasteiger partial charge < -0.3 is 20.3 Å². The van der Waals surface area contributed by atoms with E-state index in [1.807, 2.05) is 20.8 Å². The first kappa shape index (κ1) is 21.9. The van der Waals surface area contributed by atoms with Gasteiger partial charge in [-0.15, -0.1) is 0 Å². The molecule has 7 heteroatoms. The van der Waals surface area contributed by atoms with Crippen molar-refractivity contribution in [2.45, 2.75) is 26.3 Å². The lowest BCUT2D eigenvalue weighted by Crippen LogP contribution is -2.40. The van der Waals surface area contributed by atoms with Crippen molar-refractivity contribution in [1.29, 1.82) is 0 Å². The Bertz CT molecular complexity index is 913. The Morgan fingerprint density at radius 2 is 1.38 bits per heavy atom. The summed E-state index contributed by atoms with van der Waals surface area (Å²) in [4.78, 5) is 38.5. The molecule has 0 saturated carbocycles. The number of carbonyl (C=O) groups is 3. The van der Waals surface area contributed by atoms with Crippen LogP contribution in [0.2, 0.25) is 0 Å². The molecule has 0 aromatic heterocycles. The topological polar surface area (TPSA) is 87.7 Å². The zero-order valence-electron chi connectivity index (χ0n) is 17.6. The summed E-state index contributed by atoms with van der Waals surface area (Å²) in [7, 11) is 4.80. The first-order valence-electron chi connectivity index (χ1n) is 9.15. The maximum Gasteiger partial charge on any atom is 0.255 e. The van der Waals surface area contributed by atoms with Crippen LogP contribution in [0.25, 0.3) is 0 Å². The number of hydrogen-bond donors (Lipinski definition) is 2. The normalized spacial score (nSPS) is 10.8. The van der Waals surface area contributed by atoms with Gasteiger partial charge in [0.1, 0.15) is 5.75 Å². The number of hydrogen-bond acceptors (Lipinski definition) is 4. The lowest BCUT2D eigenvalue weighted by molar-refractivity contribution is 0.0826. The van der Waals surface area contributed by atoms with E-state index >= 15 is 0 Å². The predicted molar refractivity (Wildman–Crippen MR) is 113 cm³/mol. The lowest BCUT2D eigenvalue weighted by Gasteiger charge is -2.20. The molecule has 0 fully saturated rings. The van der Waals surface area contributed by atoms with Gasteiger partial charge in [-0.2, -0.15) is 0 Å². The molecule has 0 unspecified atom stereocenters. The van der Waals surface area contributed by atoms with E-state index in [-0.39, 0.29) is 23.3 Å². The molecule has 0 atom stereocenters. The van der Waals surface area contributed by atoms with Crippen LogP contribution in [0.5, 0.6) is 5.75 Å². The van der Waals surface area contributed by atoms with Gasteiger partial charge >= 0.3 is 0 Å². The molecular weight excluding hydrogens is 370 g/mol. The largest absolute Gasteiger partial charge is 0.495 e. The van der Waals surface area contributed by atoms with Crippen molar-refractivity contribution >= 4 is 23.4 Å². The summed E-state index contributed by atoms with van der Waals surface area (Å²) in [5.41, 5.74) is 1.31. The molecule has 0 saturated heterocycles. The second-order valence-corrected chi connectivity index (χ2v) is 7.85. The second-order valence-electron chi connectivity index (χ2n) is 7.85. The van der Waals surface area contributed by atoms with Crippen LogP contribution >= 0.6 is 0 Å². The highest BCUT2D eigenvalue weighted by molar-refractivity contribution is 6.06. The van der Waals surface area contributed by atoms with Crippen LogP contribution in [0.4, 0.5) is 5.69 Å². The number of methoxy groups -OCH3 is 1. The van der Waals surface area contributed by atoms with Gasteiger partial charge in [-0.25, -0.2) is 0 Å². The number of carbonyl (C=O) groups excluding carboxylic acids is 3. The van der Waals surface area contributed by atoms with Gasteiger partial charge in [0.25, 0.3) is 17.7 Å². The molecule has 0 spiro atoms. The van der Waals surface area contributed by atoms with E-state index in [9.17, 15) is 14.4 Å². The number of benzene rings is 2. The van der Waals surface area contributed by atoms with Gasteiger partial charge in [-0.1, -0.05) is 0 Å². The third kappa shape index (κ3) is 5.81. The molecule has 29 heavy (non-hydrogen) atoms. The molecule has 0 aliphatic carbocycles. The molecule has 2 aromatic rings. The number of ether oxygens (including phenoxy) is 1. The van der Waals surface area contributed by atoms with Crippen LogP contribution in [-0.4, -0.2) is 49.4 Å². The van der Waals surface area contributed by atoms with Crippen molar-refractivity contribution in [3.8, 4) is 5.75 Å². The highest BCUT2D eigenvalue weighted by Gasteiger charge is 2.17. The van der Waals surface area contributed by atoms with Crippen LogP contribution in [0, 0.1) is 0 Å².